The van der Waals surface area contributed by atoms with E-state index in [0.29, 0.717) is 18.1 Å². The maximum Gasteiger partial charge on any atom is 0.257 e. The first-order valence-corrected chi connectivity index (χ1v) is 8.05. The predicted octanol–water partition coefficient (Wildman–Crippen LogP) is 1.39. The number of carbonyl (C=O) groups excluding carboxylic acids is 1. The molecule has 3 N–H and O–H groups in total. The summed E-state index contributed by atoms with van der Waals surface area (Å²) in [6.45, 7) is 2.22. The van der Waals surface area contributed by atoms with Crippen LogP contribution < -0.4 is 10.5 Å². The zero-order valence-electron chi connectivity index (χ0n) is 11.4. The second-order valence-electron chi connectivity index (χ2n) is 5.30. The summed E-state index contributed by atoms with van der Waals surface area (Å²) in [7, 11) is -4.36. The molecular weight excluding hydrogens is 302 g/mol. The van der Waals surface area contributed by atoms with Crippen LogP contribution in [-0.4, -0.2) is 20.9 Å². The molecule has 1 aliphatic carbocycles. The molecule has 1 unspecified atom stereocenters. The number of sulfonamides is 1. The molecule has 0 saturated heterocycles. The standard InChI is InChI=1S/C13H16F2N2O3S/c1-7(8-2-3-8)6-17-13(18)11-9(14)4-5-10(12(11)15)21(16,19)20/h4-5,7-8H,2-3,6H2,1H3,(H,17,18)(H2,16,19,20). The lowest BCUT2D eigenvalue weighted by Crippen LogP contribution is -2.31. The highest BCUT2D eigenvalue weighted by Gasteiger charge is 2.29. The summed E-state index contributed by atoms with van der Waals surface area (Å²) in [4.78, 5) is 11.0. The topological polar surface area (TPSA) is 89.3 Å². The number of carbonyl (C=O) groups is 1. The summed E-state index contributed by atoms with van der Waals surface area (Å²) in [5.74, 6) is -2.84. The number of rotatable bonds is 5. The second kappa shape index (κ2) is 5.69. The monoisotopic (exact) mass is 318 g/mol. The van der Waals surface area contributed by atoms with Gasteiger partial charge in [-0.1, -0.05) is 6.92 Å². The molecule has 2 rings (SSSR count). The summed E-state index contributed by atoms with van der Waals surface area (Å²) in [5.41, 5.74) is -0.926. The van der Waals surface area contributed by atoms with Gasteiger partial charge in [-0.2, -0.15) is 0 Å². The van der Waals surface area contributed by atoms with E-state index >= 15 is 0 Å². The summed E-state index contributed by atoms with van der Waals surface area (Å²) in [6, 6.07) is 1.41. The third-order valence-corrected chi connectivity index (χ3v) is 4.53. The first-order chi connectivity index (χ1) is 9.71. The molecule has 21 heavy (non-hydrogen) atoms. The van der Waals surface area contributed by atoms with E-state index in [1.54, 1.807) is 0 Å². The molecule has 5 nitrogen and oxygen atoms in total. The van der Waals surface area contributed by atoms with Crippen LogP contribution >= 0.6 is 0 Å². The number of primary sulfonamides is 1. The number of halogens is 2. The van der Waals surface area contributed by atoms with Crippen molar-refractivity contribution in [3.63, 3.8) is 0 Å². The molecule has 1 aromatic rings. The minimum absolute atomic E-state index is 0.210. The molecule has 116 valence electrons. The number of hydrogen-bond acceptors (Lipinski definition) is 3. The Morgan fingerprint density at radius 2 is 2.05 bits per heavy atom. The number of nitrogens with two attached hydrogens (primary N) is 1. The average molecular weight is 318 g/mol. The van der Waals surface area contributed by atoms with Crippen molar-refractivity contribution in [1.29, 1.82) is 0 Å². The quantitative estimate of drug-likeness (QED) is 0.859. The molecular formula is C13H16F2N2O3S. The fourth-order valence-corrected chi connectivity index (χ4v) is 2.74. The van der Waals surface area contributed by atoms with E-state index in [2.05, 4.69) is 5.32 Å². The molecule has 8 heteroatoms. The Balaban J connectivity index is 2.23. The fraction of sp³-hybridized carbons (Fsp3) is 0.462. The zero-order chi connectivity index (χ0) is 15.8. The Morgan fingerprint density at radius 3 is 2.57 bits per heavy atom. The summed E-state index contributed by atoms with van der Waals surface area (Å²) >= 11 is 0. The normalized spacial score (nSPS) is 16.6. The number of amides is 1. The van der Waals surface area contributed by atoms with Gasteiger partial charge in [-0.05, 0) is 36.8 Å². The lowest BCUT2D eigenvalue weighted by atomic mass is 10.1. The largest absolute Gasteiger partial charge is 0.352 e. The Morgan fingerprint density at radius 1 is 1.43 bits per heavy atom. The first-order valence-electron chi connectivity index (χ1n) is 6.50. The third-order valence-electron chi connectivity index (χ3n) is 3.60. The van der Waals surface area contributed by atoms with Crippen LogP contribution in [0.4, 0.5) is 8.78 Å². The minimum atomic E-state index is -4.36. The van der Waals surface area contributed by atoms with E-state index < -0.39 is 38.0 Å². The lowest BCUT2D eigenvalue weighted by molar-refractivity contribution is 0.0937. The van der Waals surface area contributed by atoms with Gasteiger partial charge < -0.3 is 5.32 Å². The van der Waals surface area contributed by atoms with Crippen LogP contribution in [0.25, 0.3) is 0 Å². The van der Waals surface area contributed by atoms with Crippen LogP contribution in [-0.2, 0) is 10.0 Å². The number of hydrogen-bond donors (Lipinski definition) is 2. The molecule has 0 aliphatic heterocycles. The molecule has 1 atom stereocenters. The van der Waals surface area contributed by atoms with Gasteiger partial charge in [-0.25, -0.2) is 22.3 Å². The maximum atomic E-state index is 14.0. The Hall–Kier alpha value is -1.54. The highest BCUT2D eigenvalue weighted by molar-refractivity contribution is 7.89. The van der Waals surface area contributed by atoms with Gasteiger partial charge in [-0.3, -0.25) is 4.79 Å². The van der Waals surface area contributed by atoms with Gasteiger partial charge in [0.1, 0.15) is 16.3 Å². The summed E-state index contributed by atoms with van der Waals surface area (Å²) in [6.07, 6.45) is 2.17. The van der Waals surface area contributed by atoms with E-state index in [0.717, 1.165) is 12.8 Å². The van der Waals surface area contributed by atoms with E-state index in [4.69, 9.17) is 5.14 Å². The van der Waals surface area contributed by atoms with Crippen molar-refractivity contribution in [2.24, 2.45) is 17.0 Å². The van der Waals surface area contributed by atoms with Crippen LogP contribution in [0.3, 0.4) is 0 Å². The van der Waals surface area contributed by atoms with Gasteiger partial charge in [0.25, 0.3) is 5.91 Å². The molecule has 1 fully saturated rings. The summed E-state index contributed by atoms with van der Waals surface area (Å²) in [5, 5.41) is 7.25. The molecule has 1 aromatic carbocycles. The van der Waals surface area contributed by atoms with Crippen molar-refractivity contribution in [3.8, 4) is 0 Å². The second-order valence-corrected chi connectivity index (χ2v) is 6.83. The predicted molar refractivity (Wildman–Crippen MR) is 72.0 cm³/mol. The van der Waals surface area contributed by atoms with Gasteiger partial charge in [0, 0.05) is 6.54 Å². The minimum Gasteiger partial charge on any atom is -0.352 e. The Bertz CT molecular complexity index is 672. The van der Waals surface area contributed by atoms with Crippen molar-refractivity contribution >= 4 is 15.9 Å². The zero-order valence-corrected chi connectivity index (χ0v) is 12.2. The van der Waals surface area contributed by atoms with E-state index in [1.807, 2.05) is 6.92 Å². The molecule has 0 spiro atoms. The smallest absolute Gasteiger partial charge is 0.257 e. The highest BCUT2D eigenvalue weighted by Crippen LogP contribution is 2.36. The lowest BCUT2D eigenvalue weighted by Gasteiger charge is -2.13. The van der Waals surface area contributed by atoms with E-state index in [-0.39, 0.29) is 12.5 Å². The molecule has 0 radical (unpaired) electrons. The molecule has 0 bridgehead atoms. The molecule has 1 saturated carbocycles. The number of nitrogens with one attached hydrogen (secondary N) is 1. The maximum absolute atomic E-state index is 14.0. The summed E-state index contributed by atoms with van der Waals surface area (Å²) < 4.78 is 50.0. The third kappa shape index (κ3) is 3.56. The average Bonchev–Trinajstić information content (AvgIpc) is 3.18. The van der Waals surface area contributed by atoms with Crippen LogP contribution in [0.15, 0.2) is 17.0 Å². The van der Waals surface area contributed by atoms with E-state index in [1.165, 1.54) is 0 Å². The van der Waals surface area contributed by atoms with Crippen LogP contribution in [0.5, 0.6) is 0 Å². The highest BCUT2D eigenvalue weighted by atomic mass is 32.2. The Kier molecular flexibility index (Phi) is 4.29. The van der Waals surface area contributed by atoms with Crippen LogP contribution in [0, 0.1) is 23.5 Å². The van der Waals surface area contributed by atoms with Crippen LogP contribution in [0.1, 0.15) is 30.1 Å². The molecule has 1 aliphatic rings. The molecule has 0 heterocycles. The Labute approximate surface area is 121 Å². The van der Waals surface area contributed by atoms with Crippen molar-refractivity contribution in [2.75, 3.05) is 6.54 Å². The van der Waals surface area contributed by atoms with Crippen molar-refractivity contribution in [1.82, 2.24) is 5.32 Å². The van der Waals surface area contributed by atoms with Crippen LogP contribution in [0.2, 0.25) is 0 Å². The van der Waals surface area contributed by atoms with Gasteiger partial charge in [0.05, 0.1) is 0 Å². The van der Waals surface area contributed by atoms with Gasteiger partial charge >= 0.3 is 0 Å². The van der Waals surface area contributed by atoms with Crippen molar-refractivity contribution in [2.45, 2.75) is 24.7 Å². The SMILES string of the molecule is CC(CNC(=O)c1c(F)ccc(S(N)(=O)=O)c1F)C1CC1. The van der Waals surface area contributed by atoms with Crippen molar-refractivity contribution < 1.29 is 22.0 Å². The number of benzene rings is 1. The molecule has 0 aromatic heterocycles. The first kappa shape index (κ1) is 15.8. The van der Waals surface area contributed by atoms with Gasteiger partial charge in [0.2, 0.25) is 10.0 Å². The van der Waals surface area contributed by atoms with Crippen molar-refractivity contribution in [3.05, 3.63) is 29.3 Å². The molecule has 1 amide bonds. The van der Waals surface area contributed by atoms with Gasteiger partial charge in [0.15, 0.2) is 5.82 Å². The fourth-order valence-electron chi connectivity index (χ4n) is 2.14. The van der Waals surface area contributed by atoms with Gasteiger partial charge in [-0.15, -0.1) is 0 Å². The van der Waals surface area contributed by atoms with E-state index in [9.17, 15) is 22.0 Å².